The molecule has 0 N–H and O–H groups in total. The molecule has 0 radical (unpaired) electrons. The largest absolute Gasteiger partial charge is 0.245 e. The Morgan fingerprint density at radius 3 is 2.60 bits per heavy atom. The second-order valence-corrected chi connectivity index (χ2v) is 1.83. The fourth-order valence-corrected chi connectivity index (χ4v) is 0.534. The highest BCUT2D eigenvalue weighted by atomic mass is 35.5. The Balaban J connectivity index is 0.000000810. The van der Waals surface area contributed by atoms with Crippen LogP contribution in [0.4, 0.5) is 0 Å². The molecule has 1 aromatic heterocycles. The van der Waals surface area contributed by atoms with Crippen molar-refractivity contribution >= 4 is 12.4 Å². The Hall–Kier alpha value is -1.07. The van der Waals surface area contributed by atoms with Gasteiger partial charge in [-0.25, -0.2) is 4.98 Å². The van der Waals surface area contributed by atoms with Crippen molar-refractivity contribution in [2.75, 3.05) is 0 Å². The average Bonchev–Trinajstić information content (AvgIpc) is 1.90. The van der Waals surface area contributed by atoms with E-state index in [0.29, 0.717) is 5.69 Å². The predicted molar refractivity (Wildman–Crippen MR) is 40.9 cm³/mol. The topological polar surface area (TPSA) is 36.7 Å². The molecule has 0 amide bonds. The van der Waals surface area contributed by atoms with E-state index < -0.39 is 0 Å². The van der Waals surface area contributed by atoms with Gasteiger partial charge in [-0.05, 0) is 18.6 Å². The van der Waals surface area contributed by atoms with Gasteiger partial charge in [-0.1, -0.05) is 6.07 Å². The number of pyridine rings is 1. The number of hydrogen-bond acceptors (Lipinski definition) is 2. The molecule has 0 saturated carbocycles. The van der Waals surface area contributed by atoms with Crippen LogP contribution >= 0.6 is 12.4 Å². The van der Waals surface area contributed by atoms with Crippen LogP contribution < -0.4 is 0 Å². The molecule has 0 aromatic carbocycles. The summed E-state index contributed by atoms with van der Waals surface area (Å²) in [5.74, 6) is 0. The predicted octanol–water partition coefficient (Wildman–Crippen LogP) is 1.68. The molecule has 0 saturated heterocycles. The van der Waals surface area contributed by atoms with E-state index in [0.717, 1.165) is 5.56 Å². The number of rotatable bonds is 0. The van der Waals surface area contributed by atoms with E-state index in [1.54, 1.807) is 12.3 Å². The smallest absolute Gasteiger partial charge is 0.140 e. The zero-order chi connectivity index (χ0) is 6.69. The first-order valence-electron chi connectivity index (χ1n) is 2.65. The maximum absolute atomic E-state index is 8.32. The van der Waals surface area contributed by atoms with Crippen molar-refractivity contribution in [3.63, 3.8) is 0 Å². The van der Waals surface area contributed by atoms with E-state index >= 15 is 0 Å². The molecule has 0 fully saturated rings. The lowest BCUT2D eigenvalue weighted by atomic mass is 10.3. The average molecular weight is 155 g/mol. The lowest BCUT2D eigenvalue weighted by molar-refractivity contribution is 1.22. The molecule has 0 spiro atoms. The van der Waals surface area contributed by atoms with Gasteiger partial charge >= 0.3 is 0 Å². The Labute approximate surface area is 65.9 Å². The number of hydrogen-bond donors (Lipinski definition) is 0. The minimum atomic E-state index is 0. The Bertz CT molecular complexity index is 235. The molecule has 1 aromatic rings. The van der Waals surface area contributed by atoms with Crippen molar-refractivity contribution in [2.24, 2.45) is 0 Å². The zero-order valence-electron chi connectivity index (χ0n) is 5.53. The molecule has 0 aliphatic heterocycles. The Morgan fingerprint density at radius 2 is 2.20 bits per heavy atom. The minimum Gasteiger partial charge on any atom is -0.245 e. The normalized spacial score (nSPS) is 7.60. The van der Waals surface area contributed by atoms with Gasteiger partial charge in [0.05, 0.1) is 0 Å². The highest BCUT2D eigenvalue weighted by Crippen LogP contribution is 1.95. The molecule has 0 unspecified atom stereocenters. The number of halogens is 1. The fraction of sp³-hybridized carbons (Fsp3) is 0.143. The summed E-state index contributed by atoms with van der Waals surface area (Å²) in [6.07, 6.45) is 1.68. The number of aromatic nitrogens is 1. The van der Waals surface area contributed by atoms with Crippen molar-refractivity contribution in [1.29, 1.82) is 5.26 Å². The number of nitrogens with zero attached hydrogens (tertiary/aromatic N) is 2. The van der Waals surface area contributed by atoms with Crippen LogP contribution in [0.5, 0.6) is 0 Å². The first kappa shape index (κ1) is 8.93. The van der Waals surface area contributed by atoms with Gasteiger partial charge in [0.2, 0.25) is 0 Å². The van der Waals surface area contributed by atoms with Crippen LogP contribution in [-0.2, 0) is 0 Å². The molecular weight excluding hydrogens is 148 g/mol. The minimum absolute atomic E-state index is 0. The molecule has 0 aliphatic rings. The van der Waals surface area contributed by atoms with Gasteiger partial charge in [-0.2, -0.15) is 5.26 Å². The van der Waals surface area contributed by atoms with Gasteiger partial charge in [0, 0.05) is 6.20 Å². The van der Waals surface area contributed by atoms with Gasteiger partial charge in [0.25, 0.3) is 0 Å². The molecule has 10 heavy (non-hydrogen) atoms. The highest BCUT2D eigenvalue weighted by Gasteiger charge is 1.86. The third-order valence-electron chi connectivity index (χ3n) is 1.03. The second kappa shape index (κ2) is 3.86. The van der Waals surface area contributed by atoms with E-state index in [1.165, 1.54) is 0 Å². The van der Waals surface area contributed by atoms with Crippen LogP contribution in [0, 0.1) is 18.3 Å². The molecular formula is C7H7ClN2. The van der Waals surface area contributed by atoms with E-state index in [-0.39, 0.29) is 12.4 Å². The maximum atomic E-state index is 8.32. The van der Waals surface area contributed by atoms with Gasteiger partial charge < -0.3 is 0 Å². The molecule has 52 valence electrons. The molecule has 3 heteroatoms. The highest BCUT2D eigenvalue weighted by molar-refractivity contribution is 5.85. The quantitative estimate of drug-likeness (QED) is 0.570. The van der Waals surface area contributed by atoms with Crippen molar-refractivity contribution in [1.82, 2.24) is 4.98 Å². The fourth-order valence-electron chi connectivity index (χ4n) is 0.534. The summed E-state index contributed by atoms with van der Waals surface area (Å²) in [7, 11) is 0. The summed E-state index contributed by atoms with van der Waals surface area (Å²) in [5, 5.41) is 8.32. The van der Waals surface area contributed by atoms with Crippen molar-refractivity contribution in [2.45, 2.75) is 6.92 Å². The Morgan fingerprint density at radius 1 is 1.50 bits per heavy atom. The van der Waals surface area contributed by atoms with Gasteiger partial charge in [-0.3, -0.25) is 0 Å². The van der Waals surface area contributed by atoms with E-state index in [2.05, 4.69) is 4.98 Å². The molecule has 2 nitrogen and oxygen atoms in total. The SMILES string of the molecule is Cc1ccc(C#N)nc1.Cl. The summed E-state index contributed by atoms with van der Waals surface area (Å²) < 4.78 is 0. The van der Waals surface area contributed by atoms with Crippen LogP contribution in [0.25, 0.3) is 0 Å². The lowest BCUT2D eigenvalue weighted by Crippen LogP contribution is -1.80. The third kappa shape index (κ3) is 2.04. The summed E-state index contributed by atoms with van der Waals surface area (Å²) in [6, 6.07) is 5.51. The van der Waals surface area contributed by atoms with Crippen LogP contribution in [0.15, 0.2) is 18.3 Å². The third-order valence-corrected chi connectivity index (χ3v) is 1.03. The standard InChI is InChI=1S/C7H6N2.ClH/c1-6-2-3-7(4-8)9-5-6;/h2-3,5H,1H3;1H. The summed E-state index contributed by atoms with van der Waals surface area (Å²) in [6.45, 7) is 1.94. The summed E-state index contributed by atoms with van der Waals surface area (Å²) in [5.41, 5.74) is 1.55. The van der Waals surface area contributed by atoms with Crippen LogP contribution in [-0.4, -0.2) is 4.98 Å². The zero-order valence-corrected chi connectivity index (χ0v) is 6.35. The molecule has 1 rings (SSSR count). The lowest BCUT2D eigenvalue weighted by Gasteiger charge is -1.87. The van der Waals surface area contributed by atoms with Crippen LogP contribution in [0.2, 0.25) is 0 Å². The second-order valence-electron chi connectivity index (χ2n) is 1.83. The van der Waals surface area contributed by atoms with Crippen molar-refractivity contribution < 1.29 is 0 Å². The van der Waals surface area contributed by atoms with Crippen molar-refractivity contribution in [3.8, 4) is 6.07 Å². The maximum Gasteiger partial charge on any atom is 0.140 e. The van der Waals surface area contributed by atoms with E-state index in [1.807, 2.05) is 19.1 Å². The molecule has 0 aliphatic carbocycles. The van der Waals surface area contributed by atoms with Gasteiger partial charge in [-0.15, -0.1) is 12.4 Å². The number of nitriles is 1. The molecule has 1 heterocycles. The van der Waals surface area contributed by atoms with Crippen molar-refractivity contribution in [3.05, 3.63) is 29.6 Å². The first-order chi connectivity index (χ1) is 4.33. The van der Waals surface area contributed by atoms with Crippen LogP contribution in [0.1, 0.15) is 11.3 Å². The van der Waals surface area contributed by atoms with Gasteiger partial charge in [0.1, 0.15) is 11.8 Å². The molecule has 0 atom stereocenters. The van der Waals surface area contributed by atoms with E-state index in [9.17, 15) is 0 Å². The van der Waals surface area contributed by atoms with E-state index in [4.69, 9.17) is 5.26 Å². The first-order valence-corrected chi connectivity index (χ1v) is 2.65. The summed E-state index contributed by atoms with van der Waals surface area (Å²) in [4.78, 5) is 3.84. The molecule has 0 bridgehead atoms. The Kier molecular flexibility index (Phi) is 3.45. The van der Waals surface area contributed by atoms with Gasteiger partial charge in [0.15, 0.2) is 0 Å². The number of aryl methyl sites for hydroxylation is 1. The monoisotopic (exact) mass is 154 g/mol. The summed E-state index contributed by atoms with van der Waals surface area (Å²) >= 11 is 0. The van der Waals surface area contributed by atoms with Crippen LogP contribution in [0.3, 0.4) is 0 Å².